The van der Waals surface area contributed by atoms with Gasteiger partial charge in [-0.1, -0.05) is 0 Å². The predicted octanol–water partition coefficient (Wildman–Crippen LogP) is 5.00. The number of allylic oxidation sites excluding steroid dienone is 2. The number of alkyl halides is 3. The molecule has 35 heavy (non-hydrogen) atoms. The first-order valence-electron chi connectivity index (χ1n) is 11.3. The number of hydrogen-bond acceptors (Lipinski definition) is 7. The van der Waals surface area contributed by atoms with E-state index in [9.17, 15) is 18.0 Å². The fourth-order valence-electron chi connectivity index (χ4n) is 3.44. The summed E-state index contributed by atoms with van der Waals surface area (Å²) in [5, 5.41) is 10.2. The zero-order valence-corrected chi connectivity index (χ0v) is 20.9. The van der Waals surface area contributed by atoms with E-state index in [1.54, 1.807) is 38.1 Å². The molecule has 0 N–H and O–H groups in total. The summed E-state index contributed by atoms with van der Waals surface area (Å²) >= 11 is 0. The highest BCUT2D eigenvalue weighted by molar-refractivity contribution is 5.97. The van der Waals surface area contributed by atoms with Crippen LogP contribution in [0.2, 0.25) is 0 Å². The molecule has 1 amide bonds. The van der Waals surface area contributed by atoms with Gasteiger partial charge in [-0.05, 0) is 53.2 Å². The minimum absolute atomic E-state index is 0.0451. The van der Waals surface area contributed by atoms with E-state index >= 15 is 0 Å². The first-order valence-corrected chi connectivity index (χ1v) is 11.3. The van der Waals surface area contributed by atoms with Gasteiger partial charge in [-0.3, -0.25) is 4.79 Å². The predicted molar refractivity (Wildman–Crippen MR) is 128 cm³/mol. The van der Waals surface area contributed by atoms with Crippen molar-refractivity contribution in [2.24, 2.45) is 10.2 Å². The van der Waals surface area contributed by atoms with Crippen molar-refractivity contribution in [3.63, 3.8) is 0 Å². The standard InChI is InChI=1S/C24H32F3N5O3/c1-7-29-32(30-16(3)4)21-11-10-19(34-6)13-20(21)23(33)31(8-2)17(5)15-35-22-12-9-18(14-28-22)24(25,26)27/h7,9,12-14,17H,8,10-11,15H2,1-6H3/b29-7-/t17-/m0/s1. The molecule has 1 heterocycles. The molecule has 0 unspecified atom stereocenters. The lowest BCUT2D eigenvalue weighted by Gasteiger charge is -2.31. The summed E-state index contributed by atoms with van der Waals surface area (Å²) in [4.78, 5) is 19.0. The van der Waals surface area contributed by atoms with Crippen LogP contribution in [0.5, 0.6) is 5.88 Å². The molecule has 0 fully saturated rings. The maximum absolute atomic E-state index is 13.6. The van der Waals surface area contributed by atoms with Gasteiger partial charge in [0.2, 0.25) is 5.88 Å². The number of ether oxygens (including phenoxy) is 2. The number of hydrazone groups is 2. The normalized spacial score (nSPS) is 14.9. The molecular weight excluding hydrogens is 463 g/mol. The van der Waals surface area contributed by atoms with E-state index in [-0.39, 0.29) is 18.4 Å². The first-order chi connectivity index (χ1) is 16.5. The molecule has 8 nitrogen and oxygen atoms in total. The molecule has 1 atom stereocenters. The zero-order chi connectivity index (χ0) is 26.2. The van der Waals surface area contributed by atoms with Gasteiger partial charge in [-0.25, -0.2) is 4.98 Å². The molecular formula is C24H32F3N5O3. The Balaban J connectivity index is 2.28. The SMILES string of the molecule is C/C=N\N(N=C(C)C)C1=C(C(=O)N(CC)[C@@H](C)COc2ccc(C(F)(F)F)cn2)C=C(OC)CC1. The number of nitrogens with zero attached hydrogens (tertiary/aromatic N) is 5. The van der Waals surface area contributed by atoms with E-state index in [2.05, 4.69) is 15.2 Å². The largest absolute Gasteiger partial charge is 0.501 e. The molecule has 0 bridgehead atoms. The molecule has 1 aromatic rings. The van der Waals surface area contributed by atoms with Crippen molar-refractivity contribution in [3.8, 4) is 5.88 Å². The first kappa shape index (κ1) is 27.9. The van der Waals surface area contributed by atoms with Gasteiger partial charge in [0.1, 0.15) is 6.61 Å². The number of hydrogen-bond donors (Lipinski definition) is 0. The minimum Gasteiger partial charge on any atom is -0.501 e. The molecule has 0 aromatic carbocycles. The minimum atomic E-state index is -4.47. The third-order valence-electron chi connectivity index (χ3n) is 5.15. The summed E-state index contributed by atoms with van der Waals surface area (Å²) in [7, 11) is 1.56. The Hall–Kier alpha value is -3.37. The molecule has 1 aromatic heterocycles. The maximum Gasteiger partial charge on any atom is 0.417 e. The molecule has 11 heteroatoms. The van der Waals surface area contributed by atoms with Crippen LogP contribution in [0.4, 0.5) is 13.2 Å². The molecule has 1 aliphatic carbocycles. The summed E-state index contributed by atoms with van der Waals surface area (Å²) in [6.45, 7) is 9.51. The van der Waals surface area contributed by atoms with Crippen LogP contribution in [0, 0.1) is 0 Å². The molecule has 2 rings (SSSR count). The summed E-state index contributed by atoms with van der Waals surface area (Å²) in [6.07, 6.45) is 0.655. The van der Waals surface area contributed by atoms with E-state index in [0.29, 0.717) is 36.4 Å². The van der Waals surface area contributed by atoms with Crippen LogP contribution in [0.3, 0.4) is 0 Å². The molecule has 0 radical (unpaired) electrons. The second-order valence-corrected chi connectivity index (χ2v) is 8.02. The molecule has 0 aliphatic heterocycles. The number of amides is 1. The number of methoxy groups -OCH3 is 1. The number of pyridine rings is 1. The lowest BCUT2D eigenvalue weighted by Crippen LogP contribution is -2.43. The Labute approximate surface area is 203 Å². The number of rotatable bonds is 10. The van der Waals surface area contributed by atoms with Crippen LogP contribution in [-0.2, 0) is 15.7 Å². The van der Waals surface area contributed by atoms with Crippen LogP contribution in [-0.4, -0.2) is 59.1 Å². The van der Waals surface area contributed by atoms with Gasteiger partial charge in [0, 0.05) is 37.2 Å². The van der Waals surface area contributed by atoms with E-state index in [0.717, 1.165) is 24.0 Å². The highest BCUT2D eigenvalue weighted by atomic mass is 19.4. The summed E-state index contributed by atoms with van der Waals surface area (Å²) in [5.41, 5.74) is 0.968. The average Bonchev–Trinajstić information content (AvgIpc) is 2.82. The second-order valence-electron chi connectivity index (χ2n) is 8.02. The van der Waals surface area contributed by atoms with Crippen molar-refractivity contribution >= 4 is 17.8 Å². The van der Waals surface area contributed by atoms with Crippen molar-refractivity contribution in [2.75, 3.05) is 20.3 Å². The van der Waals surface area contributed by atoms with Gasteiger partial charge in [0.05, 0.1) is 35.7 Å². The van der Waals surface area contributed by atoms with E-state index in [4.69, 9.17) is 9.47 Å². The Morgan fingerprint density at radius 2 is 2.00 bits per heavy atom. The van der Waals surface area contributed by atoms with Crippen molar-refractivity contribution in [1.29, 1.82) is 0 Å². The fourth-order valence-corrected chi connectivity index (χ4v) is 3.44. The van der Waals surface area contributed by atoms with Gasteiger partial charge in [-0.2, -0.15) is 28.5 Å². The van der Waals surface area contributed by atoms with Crippen LogP contribution in [0.15, 0.2) is 51.6 Å². The molecule has 0 saturated heterocycles. The fraction of sp³-hybridized carbons (Fsp3) is 0.500. The Bertz CT molecular complexity index is 997. The summed E-state index contributed by atoms with van der Waals surface area (Å²) < 4.78 is 49.2. The van der Waals surface area contributed by atoms with Gasteiger partial charge in [0.25, 0.3) is 5.91 Å². The van der Waals surface area contributed by atoms with Gasteiger partial charge < -0.3 is 14.4 Å². The van der Waals surface area contributed by atoms with Gasteiger partial charge >= 0.3 is 6.18 Å². The van der Waals surface area contributed by atoms with Crippen LogP contribution in [0.25, 0.3) is 0 Å². The number of aromatic nitrogens is 1. The monoisotopic (exact) mass is 495 g/mol. The lowest BCUT2D eigenvalue weighted by atomic mass is 10.00. The number of likely N-dealkylation sites (N-methyl/N-ethyl adjacent to an activating group) is 1. The molecule has 1 aliphatic rings. The molecule has 0 spiro atoms. The lowest BCUT2D eigenvalue weighted by molar-refractivity contribution is -0.138. The third kappa shape index (κ3) is 7.56. The summed E-state index contributed by atoms with van der Waals surface area (Å²) in [5.74, 6) is 0.459. The number of carbonyl (C=O) groups is 1. The van der Waals surface area contributed by atoms with Crippen molar-refractivity contribution in [1.82, 2.24) is 15.0 Å². The maximum atomic E-state index is 13.6. The highest BCUT2D eigenvalue weighted by Crippen LogP contribution is 2.30. The number of carbonyl (C=O) groups excluding carboxylic acids is 1. The van der Waals surface area contributed by atoms with Gasteiger partial charge in [-0.15, -0.1) is 0 Å². The smallest absolute Gasteiger partial charge is 0.417 e. The quantitative estimate of drug-likeness (QED) is 0.337. The van der Waals surface area contributed by atoms with Crippen LogP contribution < -0.4 is 4.74 Å². The zero-order valence-electron chi connectivity index (χ0n) is 20.9. The molecule has 0 saturated carbocycles. The third-order valence-corrected chi connectivity index (χ3v) is 5.15. The van der Waals surface area contributed by atoms with Crippen LogP contribution >= 0.6 is 0 Å². The van der Waals surface area contributed by atoms with Crippen LogP contribution in [0.1, 0.15) is 53.0 Å². The summed E-state index contributed by atoms with van der Waals surface area (Å²) in [6, 6.07) is 1.67. The van der Waals surface area contributed by atoms with E-state index < -0.39 is 17.8 Å². The second kappa shape index (κ2) is 12.4. The van der Waals surface area contributed by atoms with Crippen molar-refractivity contribution < 1.29 is 27.4 Å². The Morgan fingerprint density at radius 3 is 2.51 bits per heavy atom. The molecule has 192 valence electrons. The van der Waals surface area contributed by atoms with Crippen molar-refractivity contribution in [2.45, 2.75) is 59.7 Å². The van der Waals surface area contributed by atoms with Crippen molar-refractivity contribution in [3.05, 3.63) is 47.0 Å². The Morgan fingerprint density at radius 1 is 1.29 bits per heavy atom. The highest BCUT2D eigenvalue weighted by Gasteiger charge is 2.31. The topological polar surface area (TPSA) is 79.6 Å². The Kier molecular flexibility index (Phi) is 9.85. The average molecular weight is 496 g/mol. The van der Waals surface area contributed by atoms with Gasteiger partial charge in [0.15, 0.2) is 0 Å². The van der Waals surface area contributed by atoms with E-state index in [1.165, 1.54) is 5.12 Å². The number of halogens is 3. The van der Waals surface area contributed by atoms with E-state index in [1.807, 2.05) is 20.8 Å².